The average Bonchev–Trinajstić information content (AvgIpc) is 3.24. The van der Waals surface area contributed by atoms with Gasteiger partial charge in [0.1, 0.15) is 5.25 Å². The standard InChI is InChI=1S/C16H14N2O3S2/c1-10-3-5-11(6-4-10)14-17-18-16(21-14)23-13(15(19)20-2)12-7-8-22-9-12/h3-9,13H,1-2H3. The highest BCUT2D eigenvalue weighted by atomic mass is 32.2. The molecule has 1 atom stereocenters. The number of hydrogen-bond acceptors (Lipinski definition) is 7. The Balaban J connectivity index is 1.82. The Morgan fingerprint density at radius 2 is 2.04 bits per heavy atom. The number of methoxy groups -OCH3 is 1. The number of aryl methyl sites for hydroxylation is 1. The first-order valence-corrected chi connectivity index (χ1v) is 8.67. The number of esters is 1. The minimum atomic E-state index is -0.516. The minimum Gasteiger partial charge on any atom is -0.468 e. The van der Waals surface area contributed by atoms with Crippen molar-refractivity contribution in [1.82, 2.24) is 10.2 Å². The Morgan fingerprint density at radius 1 is 1.26 bits per heavy atom. The van der Waals surface area contributed by atoms with E-state index < -0.39 is 5.25 Å². The Kier molecular flexibility index (Phi) is 4.78. The summed E-state index contributed by atoms with van der Waals surface area (Å²) in [5.41, 5.74) is 2.87. The molecule has 0 spiro atoms. The lowest BCUT2D eigenvalue weighted by molar-refractivity contribution is -0.140. The molecule has 23 heavy (non-hydrogen) atoms. The van der Waals surface area contributed by atoms with Crippen LogP contribution in [0, 0.1) is 6.92 Å². The lowest BCUT2D eigenvalue weighted by Gasteiger charge is -2.09. The molecular weight excluding hydrogens is 332 g/mol. The third kappa shape index (κ3) is 3.62. The number of carbonyl (C=O) groups is 1. The van der Waals surface area contributed by atoms with Gasteiger partial charge < -0.3 is 9.15 Å². The van der Waals surface area contributed by atoms with Crippen molar-refractivity contribution in [2.45, 2.75) is 17.4 Å². The van der Waals surface area contributed by atoms with Gasteiger partial charge >= 0.3 is 5.97 Å². The van der Waals surface area contributed by atoms with Crippen molar-refractivity contribution in [2.75, 3.05) is 7.11 Å². The monoisotopic (exact) mass is 346 g/mol. The molecule has 2 aromatic heterocycles. The summed E-state index contributed by atoms with van der Waals surface area (Å²) >= 11 is 2.71. The zero-order valence-corrected chi connectivity index (χ0v) is 14.2. The first-order valence-electron chi connectivity index (χ1n) is 6.84. The average molecular weight is 346 g/mol. The number of ether oxygens (including phenoxy) is 1. The molecule has 0 N–H and O–H groups in total. The van der Waals surface area contributed by atoms with E-state index in [2.05, 4.69) is 10.2 Å². The van der Waals surface area contributed by atoms with Gasteiger partial charge in [-0.1, -0.05) is 17.7 Å². The van der Waals surface area contributed by atoms with E-state index in [1.54, 1.807) is 0 Å². The summed E-state index contributed by atoms with van der Waals surface area (Å²) in [5, 5.41) is 11.7. The van der Waals surface area contributed by atoms with E-state index in [9.17, 15) is 4.79 Å². The van der Waals surface area contributed by atoms with E-state index in [1.807, 2.05) is 48.0 Å². The van der Waals surface area contributed by atoms with Crippen molar-refractivity contribution >= 4 is 29.1 Å². The smallest absolute Gasteiger partial charge is 0.323 e. The van der Waals surface area contributed by atoms with Crippen LogP contribution in [0.15, 0.2) is 50.7 Å². The van der Waals surface area contributed by atoms with Crippen molar-refractivity contribution in [3.8, 4) is 11.5 Å². The lowest BCUT2D eigenvalue weighted by atomic mass is 10.1. The van der Waals surface area contributed by atoms with Gasteiger partial charge in [0, 0.05) is 5.56 Å². The van der Waals surface area contributed by atoms with Gasteiger partial charge in [-0.05, 0) is 53.2 Å². The zero-order valence-electron chi connectivity index (χ0n) is 12.6. The SMILES string of the molecule is COC(=O)C(Sc1nnc(-c2ccc(C)cc2)o1)c1ccsc1. The number of rotatable bonds is 5. The summed E-state index contributed by atoms with van der Waals surface area (Å²) in [5.74, 6) is 0.0879. The maximum Gasteiger partial charge on any atom is 0.323 e. The maximum atomic E-state index is 12.0. The molecule has 0 aliphatic heterocycles. The highest BCUT2D eigenvalue weighted by Crippen LogP contribution is 2.37. The van der Waals surface area contributed by atoms with E-state index in [0.717, 1.165) is 16.7 Å². The van der Waals surface area contributed by atoms with Gasteiger partial charge in [-0.25, -0.2) is 0 Å². The van der Waals surface area contributed by atoms with E-state index in [4.69, 9.17) is 9.15 Å². The van der Waals surface area contributed by atoms with E-state index in [-0.39, 0.29) is 5.97 Å². The van der Waals surface area contributed by atoms with Gasteiger partial charge in [-0.2, -0.15) is 11.3 Å². The van der Waals surface area contributed by atoms with Crippen LogP contribution in [0.5, 0.6) is 0 Å². The molecule has 0 saturated carbocycles. The van der Waals surface area contributed by atoms with Crippen LogP contribution in [-0.2, 0) is 9.53 Å². The number of thiophene rings is 1. The van der Waals surface area contributed by atoms with Gasteiger partial charge in [0.15, 0.2) is 0 Å². The van der Waals surface area contributed by atoms with Crippen molar-refractivity contribution in [3.05, 3.63) is 52.2 Å². The molecule has 0 radical (unpaired) electrons. The van der Waals surface area contributed by atoms with Crippen LogP contribution in [0.4, 0.5) is 0 Å². The number of nitrogens with zero attached hydrogens (tertiary/aromatic N) is 2. The van der Waals surface area contributed by atoms with Gasteiger partial charge in [-0.3, -0.25) is 4.79 Å². The molecule has 3 aromatic rings. The second kappa shape index (κ2) is 6.97. The lowest BCUT2D eigenvalue weighted by Crippen LogP contribution is -2.10. The molecule has 0 amide bonds. The predicted octanol–water partition coefficient (Wildman–Crippen LogP) is 4.11. The summed E-state index contributed by atoms with van der Waals surface area (Å²) in [6.45, 7) is 2.01. The summed E-state index contributed by atoms with van der Waals surface area (Å²) in [7, 11) is 1.37. The largest absolute Gasteiger partial charge is 0.468 e. The number of carbonyl (C=O) groups excluding carboxylic acids is 1. The first kappa shape index (κ1) is 15.8. The Morgan fingerprint density at radius 3 is 2.70 bits per heavy atom. The van der Waals surface area contributed by atoms with Gasteiger partial charge in [-0.15, -0.1) is 10.2 Å². The van der Waals surface area contributed by atoms with E-state index >= 15 is 0 Å². The quantitative estimate of drug-likeness (QED) is 0.511. The van der Waals surface area contributed by atoms with Crippen LogP contribution >= 0.6 is 23.1 Å². The molecule has 7 heteroatoms. The van der Waals surface area contributed by atoms with Crippen molar-refractivity contribution in [3.63, 3.8) is 0 Å². The molecule has 3 rings (SSSR count). The number of hydrogen-bond donors (Lipinski definition) is 0. The fourth-order valence-electron chi connectivity index (χ4n) is 1.95. The highest BCUT2D eigenvalue weighted by Gasteiger charge is 2.26. The topological polar surface area (TPSA) is 65.2 Å². The van der Waals surface area contributed by atoms with Crippen molar-refractivity contribution in [2.24, 2.45) is 0 Å². The summed E-state index contributed by atoms with van der Waals surface area (Å²) < 4.78 is 10.5. The molecule has 1 unspecified atom stereocenters. The van der Waals surface area contributed by atoms with Crippen molar-refractivity contribution in [1.29, 1.82) is 0 Å². The van der Waals surface area contributed by atoms with Crippen LogP contribution in [0.25, 0.3) is 11.5 Å². The highest BCUT2D eigenvalue weighted by molar-refractivity contribution is 8.00. The van der Waals surface area contributed by atoms with Crippen LogP contribution in [-0.4, -0.2) is 23.3 Å². The Hall–Kier alpha value is -2.12. The van der Waals surface area contributed by atoms with Crippen LogP contribution < -0.4 is 0 Å². The number of thioether (sulfide) groups is 1. The number of aromatic nitrogens is 2. The van der Waals surface area contributed by atoms with Gasteiger partial charge in [0.25, 0.3) is 5.22 Å². The summed E-state index contributed by atoms with van der Waals surface area (Å²) in [4.78, 5) is 12.0. The normalized spacial score (nSPS) is 12.1. The Labute approximate surface area is 141 Å². The number of benzene rings is 1. The fourth-order valence-corrected chi connectivity index (χ4v) is 3.62. The molecular formula is C16H14N2O3S2. The van der Waals surface area contributed by atoms with E-state index in [1.165, 1.54) is 30.2 Å². The molecule has 0 bridgehead atoms. The molecule has 0 aliphatic carbocycles. The maximum absolute atomic E-state index is 12.0. The second-order valence-electron chi connectivity index (χ2n) is 4.82. The Bertz CT molecular complexity index is 782. The molecule has 2 heterocycles. The van der Waals surface area contributed by atoms with Crippen molar-refractivity contribution < 1.29 is 13.9 Å². The zero-order chi connectivity index (χ0) is 16.2. The van der Waals surface area contributed by atoms with Crippen LogP contribution in [0.2, 0.25) is 0 Å². The van der Waals surface area contributed by atoms with Crippen LogP contribution in [0.3, 0.4) is 0 Å². The fraction of sp³-hybridized carbons (Fsp3) is 0.188. The summed E-state index contributed by atoms with van der Waals surface area (Å²) in [6.07, 6.45) is 0. The second-order valence-corrected chi connectivity index (χ2v) is 6.65. The van der Waals surface area contributed by atoms with Crippen LogP contribution in [0.1, 0.15) is 16.4 Å². The third-order valence-corrected chi connectivity index (χ3v) is 4.95. The third-order valence-electron chi connectivity index (χ3n) is 3.18. The minimum absolute atomic E-state index is 0.335. The molecule has 0 aliphatic rings. The molecule has 0 fully saturated rings. The van der Waals surface area contributed by atoms with E-state index in [0.29, 0.717) is 11.1 Å². The molecule has 1 aromatic carbocycles. The first-order chi connectivity index (χ1) is 11.2. The molecule has 0 saturated heterocycles. The van der Waals surface area contributed by atoms with Gasteiger partial charge in [0.2, 0.25) is 5.89 Å². The van der Waals surface area contributed by atoms with Gasteiger partial charge in [0.05, 0.1) is 7.11 Å². The molecule has 118 valence electrons. The summed E-state index contributed by atoms with van der Waals surface area (Å²) in [6, 6.07) is 9.70. The molecule has 5 nitrogen and oxygen atoms in total. The predicted molar refractivity (Wildman–Crippen MR) is 89.4 cm³/mol.